The lowest BCUT2D eigenvalue weighted by molar-refractivity contribution is -0.149. The van der Waals surface area contributed by atoms with Gasteiger partial charge in [-0.2, -0.15) is 0 Å². The summed E-state index contributed by atoms with van der Waals surface area (Å²) in [6.07, 6.45) is 5.12. The first kappa shape index (κ1) is 11.8. The zero-order valence-corrected chi connectivity index (χ0v) is 10.8. The van der Waals surface area contributed by atoms with Crippen LogP contribution in [0.3, 0.4) is 0 Å². The molecule has 1 aliphatic rings. The molecule has 0 radical (unpaired) electrons. The van der Waals surface area contributed by atoms with Gasteiger partial charge in [0.25, 0.3) is 0 Å². The van der Waals surface area contributed by atoms with Crippen LogP contribution >= 0.6 is 22.6 Å². The monoisotopic (exact) mass is 306 g/mol. The van der Waals surface area contributed by atoms with E-state index in [1.807, 2.05) is 13.0 Å². The van der Waals surface area contributed by atoms with Crippen LogP contribution in [0.5, 0.6) is 0 Å². The summed E-state index contributed by atoms with van der Waals surface area (Å²) in [7, 11) is 0. The molecule has 0 bridgehead atoms. The van der Waals surface area contributed by atoms with Crippen molar-refractivity contribution in [2.75, 3.05) is 0 Å². The minimum atomic E-state index is -0.426. The van der Waals surface area contributed by atoms with E-state index in [-0.39, 0.29) is 5.97 Å². The van der Waals surface area contributed by atoms with Gasteiger partial charge in [0.15, 0.2) is 0 Å². The maximum Gasteiger partial charge on any atom is 0.333 e. The zero-order valence-electron chi connectivity index (χ0n) is 8.60. The summed E-state index contributed by atoms with van der Waals surface area (Å²) in [5.74, 6) is -0.296. The maximum absolute atomic E-state index is 11.4. The third-order valence-electron chi connectivity index (χ3n) is 2.23. The molecule has 0 aromatic heterocycles. The fourth-order valence-corrected chi connectivity index (χ4v) is 2.50. The highest BCUT2D eigenvalue weighted by atomic mass is 127. The molecule has 0 spiro atoms. The largest absolute Gasteiger partial charge is 0.452 e. The highest BCUT2D eigenvalue weighted by Gasteiger charge is 2.29. The molecular formula is C11H15IO2. The molecule has 0 amide bonds. The molecule has 0 N–H and O–H groups in total. The lowest BCUT2D eigenvalue weighted by Crippen LogP contribution is -2.31. The number of hydrogen-bond donors (Lipinski definition) is 0. The predicted molar refractivity (Wildman–Crippen MR) is 65.3 cm³/mol. The Balaban J connectivity index is 2.71. The molecule has 2 nitrogen and oxygen atoms in total. The molecule has 1 aliphatic carbocycles. The van der Waals surface area contributed by atoms with Crippen molar-refractivity contribution in [2.45, 2.75) is 38.7 Å². The molecule has 1 unspecified atom stereocenters. The molecule has 0 aromatic rings. The summed E-state index contributed by atoms with van der Waals surface area (Å²) < 4.78 is 6.66. The number of carbonyl (C=O) groups excluding carboxylic acids is 1. The standard InChI is InChI=1S/C11H15IO2/c1-8(2)10(13)14-11(3)6-4-5-9(12)7-11/h7H,1,4-6H2,2-3H3. The average Bonchev–Trinajstić information content (AvgIpc) is 2.02. The van der Waals surface area contributed by atoms with Crippen molar-refractivity contribution < 1.29 is 9.53 Å². The molecule has 14 heavy (non-hydrogen) atoms. The van der Waals surface area contributed by atoms with Crippen molar-refractivity contribution >= 4 is 28.6 Å². The van der Waals surface area contributed by atoms with Crippen LogP contribution in [0.25, 0.3) is 0 Å². The zero-order chi connectivity index (χ0) is 10.8. The van der Waals surface area contributed by atoms with Gasteiger partial charge >= 0.3 is 5.97 Å². The summed E-state index contributed by atoms with van der Waals surface area (Å²) in [5.41, 5.74) is 0.0327. The van der Waals surface area contributed by atoms with Gasteiger partial charge in [-0.25, -0.2) is 4.79 Å². The Morgan fingerprint density at radius 2 is 2.36 bits per heavy atom. The van der Waals surface area contributed by atoms with Gasteiger partial charge in [0.1, 0.15) is 5.60 Å². The van der Waals surface area contributed by atoms with Crippen LogP contribution in [-0.4, -0.2) is 11.6 Å². The van der Waals surface area contributed by atoms with Crippen LogP contribution in [0.2, 0.25) is 0 Å². The lowest BCUT2D eigenvalue weighted by Gasteiger charge is -2.30. The fraction of sp³-hybridized carbons (Fsp3) is 0.545. The lowest BCUT2D eigenvalue weighted by atomic mass is 9.93. The number of ether oxygens (including phenoxy) is 1. The smallest absolute Gasteiger partial charge is 0.333 e. The van der Waals surface area contributed by atoms with E-state index in [4.69, 9.17) is 4.74 Å². The Morgan fingerprint density at radius 3 is 2.86 bits per heavy atom. The first-order chi connectivity index (χ1) is 6.43. The van der Waals surface area contributed by atoms with E-state index in [2.05, 4.69) is 29.2 Å². The van der Waals surface area contributed by atoms with Crippen molar-refractivity contribution in [1.29, 1.82) is 0 Å². The van der Waals surface area contributed by atoms with Crippen LogP contribution in [0, 0.1) is 0 Å². The molecule has 0 aromatic carbocycles. The summed E-state index contributed by atoms with van der Waals surface area (Å²) in [6, 6.07) is 0. The fourth-order valence-electron chi connectivity index (χ4n) is 1.46. The first-order valence-corrected chi connectivity index (χ1v) is 5.77. The first-order valence-electron chi connectivity index (χ1n) is 4.69. The Morgan fingerprint density at radius 1 is 1.71 bits per heavy atom. The van der Waals surface area contributed by atoms with Crippen molar-refractivity contribution in [1.82, 2.24) is 0 Å². The highest BCUT2D eigenvalue weighted by molar-refractivity contribution is 14.1. The van der Waals surface area contributed by atoms with Crippen LogP contribution < -0.4 is 0 Å². The van der Waals surface area contributed by atoms with Gasteiger partial charge < -0.3 is 4.74 Å². The van der Waals surface area contributed by atoms with E-state index in [9.17, 15) is 4.79 Å². The SMILES string of the molecule is C=C(C)C(=O)OC1(C)C=C(I)CCC1. The normalized spacial score (nSPS) is 26.6. The van der Waals surface area contributed by atoms with E-state index in [1.54, 1.807) is 6.92 Å². The van der Waals surface area contributed by atoms with Crippen LogP contribution in [-0.2, 0) is 9.53 Å². The van der Waals surface area contributed by atoms with Gasteiger partial charge in [0.05, 0.1) is 0 Å². The quantitative estimate of drug-likeness (QED) is 0.444. The number of hydrogen-bond acceptors (Lipinski definition) is 2. The van der Waals surface area contributed by atoms with Gasteiger partial charge in [0.2, 0.25) is 0 Å². The summed E-state index contributed by atoms with van der Waals surface area (Å²) >= 11 is 2.29. The van der Waals surface area contributed by atoms with Crippen molar-refractivity contribution in [3.8, 4) is 0 Å². The third-order valence-corrected chi connectivity index (χ3v) is 3.08. The molecule has 3 heteroatoms. The van der Waals surface area contributed by atoms with E-state index in [0.29, 0.717) is 5.57 Å². The molecule has 1 atom stereocenters. The molecule has 0 aliphatic heterocycles. The van der Waals surface area contributed by atoms with Gasteiger partial charge in [-0.3, -0.25) is 0 Å². The number of rotatable bonds is 2. The van der Waals surface area contributed by atoms with Gasteiger partial charge in [-0.15, -0.1) is 0 Å². The van der Waals surface area contributed by atoms with Crippen molar-refractivity contribution in [3.05, 3.63) is 21.8 Å². The van der Waals surface area contributed by atoms with Crippen LogP contribution in [0.15, 0.2) is 21.8 Å². The molecular weight excluding hydrogens is 291 g/mol. The van der Waals surface area contributed by atoms with Gasteiger partial charge in [-0.05, 0) is 65.4 Å². The second kappa shape index (κ2) is 4.47. The number of halogens is 1. The molecule has 0 saturated carbocycles. The van der Waals surface area contributed by atoms with Crippen LogP contribution in [0.1, 0.15) is 33.1 Å². The van der Waals surface area contributed by atoms with Gasteiger partial charge in [-0.1, -0.05) is 6.58 Å². The minimum absolute atomic E-state index is 0.296. The summed E-state index contributed by atoms with van der Waals surface area (Å²) in [4.78, 5) is 11.4. The molecule has 0 saturated heterocycles. The van der Waals surface area contributed by atoms with Crippen LogP contribution in [0.4, 0.5) is 0 Å². The maximum atomic E-state index is 11.4. The molecule has 78 valence electrons. The van der Waals surface area contributed by atoms with E-state index < -0.39 is 5.60 Å². The second-order valence-electron chi connectivity index (χ2n) is 3.93. The minimum Gasteiger partial charge on any atom is -0.452 e. The Labute approximate surface area is 98.5 Å². The molecule has 0 fully saturated rings. The molecule has 0 heterocycles. The summed E-state index contributed by atoms with van der Waals surface area (Å²) in [6.45, 7) is 7.19. The number of allylic oxidation sites excluding steroid dienone is 1. The Hall–Kier alpha value is -0.320. The Bertz CT molecular complexity index is 294. The second-order valence-corrected chi connectivity index (χ2v) is 5.31. The molecule has 1 rings (SSSR count). The third kappa shape index (κ3) is 3.12. The number of esters is 1. The van der Waals surface area contributed by atoms with Gasteiger partial charge in [0, 0.05) is 5.57 Å². The van der Waals surface area contributed by atoms with Crippen molar-refractivity contribution in [2.24, 2.45) is 0 Å². The topological polar surface area (TPSA) is 26.3 Å². The predicted octanol–water partition coefficient (Wildman–Crippen LogP) is 3.37. The summed E-state index contributed by atoms with van der Waals surface area (Å²) in [5, 5.41) is 0. The average molecular weight is 306 g/mol. The van der Waals surface area contributed by atoms with Crippen molar-refractivity contribution in [3.63, 3.8) is 0 Å². The number of carbonyl (C=O) groups is 1. The van der Waals surface area contributed by atoms with E-state index in [0.717, 1.165) is 19.3 Å². The van der Waals surface area contributed by atoms with E-state index in [1.165, 1.54) is 3.58 Å². The van der Waals surface area contributed by atoms with E-state index >= 15 is 0 Å². The highest BCUT2D eigenvalue weighted by Crippen LogP contribution is 2.32. The Kier molecular flexibility index (Phi) is 3.75.